The maximum Gasteiger partial charge on any atom is 0.190 e. The molecule has 2 N–H and O–H groups in total. The van der Waals surface area contributed by atoms with Crippen LogP contribution < -0.4 is 10.6 Å². The fraction of sp³-hybridized carbons (Fsp3) is 0.857. The summed E-state index contributed by atoms with van der Waals surface area (Å²) >= 11 is 0. The van der Waals surface area contributed by atoms with E-state index in [1.807, 2.05) is 40.1 Å². The van der Waals surface area contributed by atoms with Crippen molar-refractivity contribution in [3.8, 4) is 0 Å². The standard InChI is InChI=1S/C4H11N3.C3H9N/c1-5-4(6-2)7-3;1-4(2)3/h1-3H3,(H2,5,6,7);1-3H3. The van der Waals surface area contributed by atoms with Crippen LogP contribution in [0.4, 0.5) is 0 Å². The lowest BCUT2D eigenvalue weighted by Gasteiger charge is -1.99. The van der Waals surface area contributed by atoms with Crippen LogP contribution in [0.15, 0.2) is 4.99 Å². The highest BCUT2D eigenvalue weighted by Gasteiger charge is 1.79. The molecule has 68 valence electrons. The molecule has 0 aliphatic heterocycles. The van der Waals surface area contributed by atoms with Crippen molar-refractivity contribution in [2.24, 2.45) is 4.99 Å². The van der Waals surface area contributed by atoms with E-state index in [0.29, 0.717) is 0 Å². The third-order valence-electron chi connectivity index (χ3n) is 0.697. The van der Waals surface area contributed by atoms with Crippen LogP contribution in [-0.4, -0.2) is 53.1 Å². The van der Waals surface area contributed by atoms with E-state index in [1.54, 1.807) is 7.05 Å². The van der Waals surface area contributed by atoms with Crippen LogP contribution in [0, 0.1) is 0 Å². The molecule has 0 bridgehead atoms. The Kier molecular flexibility index (Phi) is 10.8. The Morgan fingerprint density at radius 1 is 1.09 bits per heavy atom. The first kappa shape index (κ1) is 12.9. The lowest BCUT2D eigenvalue weighted by Crippen LogP contribution is -2.31. The van der Waals surface area contributed by atoms with Gasteiger partial charge >= 0.3 is 0 Å². The van der Waals surface area contributed by atoms with Gasteiger partial charge in [-0.05, 0) is 21.1 Å². The molecule has 11 heavy (non-hydrogen) atoms. The second kappa shape index (κ2) is 9.23. The van der Waals surface area contributed by atoms with Gasteiger partial charge < -0.3 is 15.5 Å². The van der Waals surface area contributed by atoms with Crippen molar-refractivity contribution in [3.63, 3.8) is 0 Å². The lowest BCUT2D eigenvalue weighted by atomic mass is 10.9. The Morgan fingerprint density at radius 2 is 1.36 bits per heavy atom. The summed E-state index contributed by atoms with van der Waals surface area (Å²) in [6.45, 7) is 0. The summed E-state index contributed by atoms with van der Waals surface area (Å²) in [7, 11) is 11.4. The predicted octanol–water partition coefficient (Wildman–Crippen LogP) is -0.411. The van der Waals surface area contributed by atoms with Crippen LogP contribution in [-0.2, 0) is 0 Å². The van der Waals surface area contributed by atoms with Crippen LogP contribution in [0.2, 0.25) is 0 Å². The van der Waals surface area contributed by atoms with E-state index in [1.165, 1.54) is 0 Å². The molecule has 0 saturated carbocycles. The quantitative estimate of drug-likeness (QED) is 0.374. The highest BCUT2D eigenvalue weighted by atomic mass is 15.1. The molecule has 0 amide bonds. The molecule has 0 aliphatic carbocycles. The summed E-state index contributed by atoms with van der Waals surface area (Å²) in [5, 5.41) is 5.68. The minimum atomic E-state index is 0.806. The van der Waals surface area contributed by atoms with Gasteiger partial charge in [-0.15, -0.1) is 0 Å². The minimum Gasteiger partial charge on any atom is -0.359 e. The molecule has 0 rings (SSSR count). The Labute approximate surface area is 69.7 Å². The molecular formula is C7H20N4. The Hall–Kier alpha value is -0.770. The Morgan fingerprint density at radius 3 is 1.36 bits per heavy atom. The summed E-state index contributed by atoms with van der Waals surface area (Å²) in [6, 6.07) is 0. The van der Waals surface area contributed by atoms with E-state index in [9.17, 15) is 0 Å². The molecule has 0 fully saturated rings. The molecule has 0 heterocycles. The van der Waals surface area contributed by atoms with Crippen LogP contribution in [0.3, 0.4) is 0 Å². The zero-order valence-electron chi connectivity index (χ0n) is 8.39. The molecule has 0 aromatic heterocycles. The zero-order chi connectivity index (χ0) is 9.28. The third kappa shape index (κ3) is 17.6. The fourth-order valence-corrected chi connectivity index (χ4v) is 0.349. The Bertz CT molecular complexity index is 89.9. The number of aliphatic imine (C=N–C) groups is 1. The monoisotopic (exact) mass is 160 g/mol. The van der Waals surface area contributed by atoms with E-state index >= 15 is 0 Å². The van der Waals surface area contributed by atoms with E-state index in [0.717, 1.165) is 5.96 Å². The predicted molar refractivity (Wildman–Crippen MR) is 51.1 cm³/mol. The van der Waals surface area contributed by atoms with Gasteiger partial charge in [0.25, 0.3) is 0 Å². The largest absolute Gasteiger partial charge is 0.359 e. The number of hydrogen-bond donors (Lipinski definition) is 2. The van der Waals surface area contributed by atoms with Gasteiger partial charge in [-0.3, -0.25) is 4.99 Å². The van der Waals surface area contributed by atoms with Crippen molar-refractivity contribution >= 4 is 5.96 Å². The smallest absolute Gasteiger partial charge is 0.190 e. The molecule has 4 heteroatoms. The molecule has 0 aliphatic rings. The molecule has 0 radical (unpaired) electrons. The van der Waals surface area contributed by atoms with Crippen molar-refractivity contribution in [1.82, 2.24) is 15.5 Å². The number of rotatable bonds is 0. The molecule has 0 saturated heterocycles. The highest BCUT2D eigenvalue weighted by molar-refractivity contribution is 5.78. The van der Waals surface area contributed by atoms with E-state index in [-0.39, 0.29) is 0 Å². The van der Waals surface area contributed by atoms with Gasteiger partial charge in [0, 0.05) is 21.1 Å². The number of guanidine groups is 1. The summed E-state index contributed by atoms with van der Waals surface area (Å²) < 4.78 is 0. The maximum atomic E-state index is 3.82. The first-order chi connectivity index (χ1) is 5.08. The molecular weight excluding hydrogens is 140 g/mol. The van der Waals surface area contributed by atoms with Crippen molar-refractivity contribution in [1.29, 1.82) is 0 Å². The van der Waals surface area contributed by atoms with Gasteiger partial charge in [-0.2, -0.15) is 0 Å². The second-order valence-electron chi connectivity index (χ2n) is 2.41. The van der Waals surface area contributed by atoms with Crippen molar-refractivity contribution in [2.75, 3.05) is 42.3 Å². The van der Waals surface area contributed by atoms with Gasteiger partial charge in [0.1, 0.15) is 0 Å². The number of hydrogen-bond acceptors (Lipinski definition) is 2. The second-order valence-corrected chi connectivity index (χ2v) is 2.41. The van der Waals surface area contributed by atoms with Crippen LogP contribution in [0.5, 0.6) is 0 Å². The lowest BCUT2D eigenvalue weighted by molar-refractivity contribution is 0.505. The van der Waals surface area contributed by atoms with Gasteiger partial charge in [0.15, 0.2) is 5.96 Å². The minimum absolute atomic E-state index is 0.806. The summed E-state index contributed by atoms with van der Waals surface area (Å²) in [5.74, 6) is 0.806. The van der Waals surface area contributed by atoms with Crippen molar-refractivity contribution in [2.45, 2.75) is 0 Å². The third-order valence-corrected chi connectivity index (χ3v) is 0.697. The summed E-state index contributed by atoms with van der Waals surface area (Å²) in [5.41, 5.74) is 0. The number of nitrogens with zero attached hydrogens (tertiary/aromatic N) is 2. The van der Waals surface area contributed by atoms with E-state index in [2.05, 4.69) is 15.6 Å². The molecule has 0 aromatic rings. The topological polar surface area (TPSA) is 39.7 Å². The average Bonchev–Trinajstić information content (AvgIpc) is 1.90. The summed E-state index contributed by atoms with van der Waals surface area (Å²) in [6.07, 6.45) is 0. The van der Waals surface area contributed by atoms with Gasteiger partial charge in [0.05, 0.1) is 0 Å². The van der Waals surface area contributed by atoms with E-state index < -0.39 is 0 Å². The van der Waals surface area contributed by atoms with Crippen LogP contribution in [0.1, 0.15) is 0 Å². The fourth-order valence-electron chi connectivity index (χ4n) is 0.349. The molecule has 0 atom stereocenters. The van der Waals surface area contributed by atoms with Gasteiger partial charge in [-0.25, -0.2) is 0 Å². The molecule has 0 unspecified atom stereocenters. The normalized spacial score (nSPS) is 7.91. The Balaban J connectivity index is 0. The van der Waals surface area contributed by atoms with Crippen LogP contribution >= 0.6 is 0 Å². The first-order valence-corrected chi connectivity index (χ1v) is 3.51. The zero-order valence-corrected chi connectivity index (χ0v) is 8.39. The highest BCUT2D eigenvalue weighted by Crippen LogP contribution is 1.55. The number of nitrogens with one attached hydrogen (secondary N) is 2. The molecule has 0 aromatic carbocycles. The van der Waals surface area contributed by atoms with Crippen molar-refractivity contribution in [3.05, 3.63) is 0 Å². The van der Waals surface area contributed by atoms with Crippen molar-refractivity contribution < 1.29 is 0 Å². The first-order valence-electron chi connectivity index (χ1n) is 3.51. The summed E-state index contributed by atoms with van der Waals surface area (Å²) in [4.78, 5) is 5.82. The van der Waals surface area contributed by atoms with Gasteiger partial charge in [0.2, 0.25) is 0 Å². The van der Waals surface area contributed by atoms with Crippen LogP contribution in [0.25, 0.3) is 0 Å². The SMILES string of the molecule is CN(C)C.CN=C(NC)NC. The average molecular weight is 160 g/mol. The maximum absolute atomic E-state index is 3.82. The molecule has 4 nitrogen and oxygen atoms in total. The van der Waals surface area contributed by atoms with E-state index in [4.69, 9.17) is 0 Å². The van der Waals surface area contributed by atoms with Gasteiger partial charge in [-0.1, -0.05) is 0 Å². The molecule has 0 spiro atoms.